The second-order valence-corrected chi connectivity index (χ2v) is 4.72. The molecule has 102 valence electrons. The smallest absolute Gasteiger partial charge is 0.323 e. The first-order valence-corrected chi connectivity index (χ1v) is 6.21. The summed E-state index contributed by atoms with van der Waals surface area (Å²) in [4.78, 5) is 35.3. The molecule has 0 saturated heterocycles. The minimum absolute atomic E-state index is 0.00944. The summed E-state index contributed by atoms with van der Waals surface area (Å²) in [6.07, 6.45) is 3.71. The average molecular weight is 256 g/mol. The van der Waals surface area contributed by atoms with Crippen LogP contribution in [0.25, 0.3) is 0 Å². The molecule has 0 aromatic heterocycles. The number of hydrogen-bond donors (Lipinski definition) is 2. The second kappa shape index (κ2) is 6.37. The lowest BCUT2D eigenvalue weighted by atomic mass is 10.1. The van der Waals surface area contributed by atoms with Crippen molar-refractivity contribution >= 4 is 17.8 Å². The van der Waals surface area contributed by atoms with Gasteiger partial charge in [0.2, 0.25) is 11.8 Å². The Bertz CT molecular complexity index is 337. The Kier molecular flexibility index (Phi) is 5.12. The molecule has 18 heavy (non-hydrogen) atoms. The summed E-state index contributed by atoms with van der Waals surface area (Å²) in [5.74, 6) is -1.64. The van der Waals surface area contributed by atoms with Crippen LogP contribution in [-0.4, -0.2) is 46.4 Å². The molecule has 6 heteroatoms. The number of carboxylic acid groups (broad SMARTS) is 1. The van der Waals surface area contributed by atoms with E-state index >= 15 is 0 Å². The molecular weight excluding hydrogens is 236 g/mol. The SMILES string of the molecule is CC(=O)NC(C)C(=O)N(CC(=O)O)C1CCCC1. The Balaban J connectivity index is 2.71. The van der Waals surface area contributed by atoms with Crippen LogP contribution in [0, 0.1) is 0 Å². The highest BCUT2D eigenvalue weighted by atomic mass is 16.4. The van der Waals surface area contributed by atoms with Gasteiger partial charge in [0, 0.05) is 13.0 Å². The highest BCUT2D eigenvalue weighted by molar-refractivity contribution is 5.88. The van der Waals surface area contributed by atoms with Crippen LogP contribution in [0.15, 0.2) is 0 Å². The molecule has 6 nitrogen and oxygen atoms in total. The molecule has 0 aromatic carbocycles. The normalized spacial score (nSPS) is 17.2. The van der Waals surface area contributed by atoms with Crippen molar-refractivity contribution in [2.75, 3.05) is 6.54 Å². The summed E-state index contributed by atoms with van der Waals surface area (Å²) >= 11 is 0. The van der Waals surface area contributed by atoms with Gasteiger partial charge in [-0.25, -0.2) is 0 Å². The van der Waals surface area contributed by atoms with Crippen LogP contribution in [0.1, 0.15) is 39.5 Å². The molecule has 2 N–H and O–H groups in total. The van der Waals surface area contributed by atoms with E-state index in [1.165, 1.54) is 11.8 Å². The Morgan fingerprint density at radius 1 is 1.33 bits per heavy atom. The summed E-state index contributed by atoms with van der Waals surface area (Å²) in [5.41, 5.74) is 0. The van der Waals surface area contributed by atoms with Crippen molar-refractivity contribution in [1.82, 2.24) is 10.2 Å². The molecule has 1 aliphatic rings. The summed E-state index contributed by atoms with van der Waals surface area (Å²) in [7, 11) is 0. The first-order valence-electron chi connectivity index (χ1n) is 6.21. The molecule has 0 aliphatic heterocycles. The first kappa shape index (κ1) is 14.5. The molecule has 0 aromatic rings. The van der Waals surface area contributed by atoms with Gasteiger partial charge in [-0.3, -0.25) is 14.4 Å². The zero-order valence-corrected chi connectivity index (χ0v) is 10.8. The van der Waals surface area contributed by atoms with Gasteiger partial charge in [0.15, 0.2) is 0 Å². The second-order valence-electron chi connectivity index (χ2n) is 4.72. The van der Waals surface area contributed by atoms with E-state index in [1.807, 2.05) is 0 Å². The molecule has 0 bridgehead atoms. The monoisotopic (exact) mass is 256 g/mol. The Hall–Kier alpha value is -1.59. The summed E-state index contributed by atoms with van der Waals surface area (Å²) < 4.78 is 0. The molecule has 0 heterocycles. The lowest BCUT2D eigenvalue weighted by Gasteiger charge is -2.30. The van der Waals surface area contributed by atoms with Gasteiger partial charge in [-0.2, -0.15) is 0 Å². The van der Waals surface area contributed by atoms with Crippen LogP contribution in [0.5, 0.6) is 0 Å². The Morgan fingerprint density at radius 3 is 2.33 bits per heavy atom. The van der Waals surface area contributed by atoms with Gasteiger partial charge in [-0.1, -0.05) is 12.8 Å². The third kappa shape index (κ3) is 4.01. The first-order chi connectivity index (χ1) is 8.41. The van der Waals surface area contributed by atoms with Crippen LogP contribution < -0.4 is 5.32 Å². The Labute approximate surface area is 106 Å². The standard InChI is InChI=1S/C12H20N2O4/c1-8(13-9(2)15)12(18)14(7-11(16)17)10-5-3-4-6-10/h8,10H,3-7H2,1-2H3,(H,13,15)(H,16,17). The van der Waals surface area contributed by atoms with E-state index in [9.17, 15) is 14.4 Å². The quantitative estimate of drug-likeness (QED) is 0.744. The zero-order valence-electron chi connectivity index (χ0n) is 10.8. The van der Waals surface area contributed by atoms with Crippen molar-refractivity contribution in [3.8, 4) is 0 Å². The van der Waals surface area contributed by atoms with Gasteiger partial charge in [0.1, 0.15) is 12.6 Å². The molecule has 1 rings (SSSR count). The molecule has 0 spiro atoms. The van der Waals surface area contributed by atoms with Crippen molar-refractivity contribution in [3.63, 3.8) is 0 Å². The van der Waals surface area contributed by atoms with Gasteiger partial charge in [-0.05, 0) is 19.8 Å². The molecule has 0 radical (unpaired) electrons. The van der Waals surface area contributed by atoms with Crippen molar-refractivity contribution in [3.05, 3.63) is 0 Å². The number of amides is 2. The van der Waals surface area contributed by atoms with Gasteiger partial charge >= 0.3 is 5.97 Å². The number of aliphatic carboxylic acids is 1. The third-order valence-corrected chi connectivity index (χ3v) is 3.14. The van der Waals surface area contributed by atoms with Gasteiger partial charge in [0.25, 0.3) is 0 Å². The van der Waals surface area contributed by atoms with E-state index in [4.69, 9.17) is 5.11 Å². The fraction of sp³-hybridized carbons (Fsp3) is 0.750. The number of rotatable bonds is 5. The van der Waals surface area contributed by atoms with E-state index < -0.39 is 12.0 Å². The third-order valence-electron chi connectivity index (χ3n) is 3.14. The van der Waals surface area contributed by atoms with Crippen LogP contribution in [-0.2, 0) is 14.4 Å². The van der Waals surface area contributed by atoms with Crippen LogP contribution in [0.4, 0.5) is 0 Å². The molecule has 2 amide bonds. The fourth-order valence-corrected chi connectivity index (χ4v) is 2.36. The number of nitrogens with zero attached hydrogens (tertiary/aromatic N) is 1. The molecule has 1 saturated carbocycles. The molecule has 1 atom stereocenters. The van der Waals surface area contributed by atoms with Crippen molar-refractivity contribution in [1.29, 1.82) is 0 Å². The predicted octanol–water partition coefficient (Wildman–Crippen LogP) is 0.367. The highest BCUT2D eigenvalue weighted by Gasteiger charge is 2.31. The van der Waals surface area contributed by atoms with E-state index in [2.05, 4.69) is 5.32 Å². The zero-order chi connectivity index (χ0) is 13.7. The highest BCUT2D eigenvalue weighted by Crippen LogP contribution is 2.23. The topological polar surface area (TPSA) is 86.7 Å². The lowest BCUT2D eigenvalue weighted by Crippen LogP contribution is -2.51. The number of nitrogens with one attached hydrogen (secondary N) is 1. The lowest BCUT2D eigenvalue weighted by molar-refractivity contribution is -0.147. The maximum Gasteiger partial charge on any atom is 0.323 e. The molecule has 1 aliphatic carbocycles. The maximum atomic E-state index is 12.1. The maximum absolute atomic E-state index is 12.1. The van der Waals surface area contributed by atoms with E-state index in [-0.39, 0.29) is 24.4 Å². The van der Waals surface area contributed by atoms with Crippen molar-refractivity contribution < 1.29 is 19.5 Å². The van der Waals surface area contributed by atoms with E-state index in [0.717, 1.165) is 25.7 Å². The fourth-order valence-electron chi connectivity index (χ4n) is 2.36. The Morgan fingerprint density at radius 2 is 1.89 bits per heavy atom. The van der Waals surface area contributed by atoms with Crippen LogP contribution in [0.3, 0.4) is 0 Å². The summed E-state index contributed by atoms with van der Waals surface area (Å²) in [6.45, 7) is 2.61. The molecule has 1 fully saturated rings. The number of hydrogen-bond acceptors (Lipinski definition) is 3. The van der Waals surface area contributed by atoms with Crippen molar-refractivity contribution in [2.45, 2.75) is 51.6 Å². The largest absolute Gasteiger partial charge is 0.480 e. The molecule has 1 unspecified atom stereocenters. The van der Waals surface area contributed by atoms with E-state index in [1.54, 1.807) is 6.92 Å². The average Bonchev–Trinajstić information content (AvgIpc) is 2.76. The number of carboxylic acids is 1. The summed E-state index contributed by atoms with van der Waals surface area (Å²) in [6, 6.07) is -0.688. The van der Waals surface area contributed by atoms with Crippen LogP contribution in [0.2, 0.25) is 0 Å². The number of carbonyl (C=O) groups excluding carboxylic acids is 2. The summed E-state index contributed by atoms with van der Waals surface area (Å²) in [5, 5.41) is 11.4. The van der Waals surface area contributed by atoms with Gasteiger partial charge in [-0.15, -0.1) is 0 Å². The van der Waals surface area contributed by atoms with Gasteiger partial charge in [0.05, 0.1) is 0 Å². The predicted molar refractivity (Wildman–Crippen MR) is 64.9 cm³/mol. The minimum atomic E-state index is -1.02. The van der Waals surface area contributed by atoms with Crippen molar-refractivity contribution in [2.24, 2.45) is 0 Å². The van der Waals surface area contributed by atoms with Gasteiger partial charge < -0.3 is 15.3 Å². The van der Waals surface area contributed by atoms with Crippen LogP contribution >= 0.6 is 0 Å². The number of carbonyl (C=O) groups is 3. The van der Waals surface area contributed by atoms with E-state index in [0.29, 0.717) is 0 Å². The minimum Gasteiger partial charge on any atom is -0.480 e. The molecular formula is C12H20N2O4.